The number of nitrogens with zero attached hydrogens (tertiary/aromatic N) is 1. The summed E-state index contributed by atoms with van der Waals surface area (Å²) in [5.41, 5.74) is 1.32. The zero-order valence-corrected chi connectivity index (χ0v) is 18.3. The number of carbonyl (C=O) groups is 3. The van der Waals surface area contributed by atoms with Crippen molar-refractivity contribution in [2.45, 2.75) is 18.9 Å². The van der Waals surface area contributed by atoms with Crippen LogP contribution in [0.1, 0.15) is 24.4 Å². The smallest absolute Gasteiger partial charge is 0.234 e. The molecule has 1 aliphatic heterocycles. The molecule has 7 heteroatoms. The summed E-state index contributed by atoms with van der Waals surface area (Å²) in [5, 5.41) is 3.41. The number of likely N-dealkylation sites (tertiary alicyclic amines) is 1. The van der Waals surface area contributed by atoms with Crippen molar-refractivity contribution in [1.29, 1.82) is 0 Å². The van der Waals surface area contributed by atoms with Crippen LogP contribution in [-0.4, -0.2) is 29.7 Å². The normalized spacial score (nSPS) is 26.4. The van der Waals surface area contributed by atoms with Crippen LogP contribution in [0.25, 0.3) is 0 Å². The molecule has 0 aromatic heterocycles. The maximum Gasteiger partial charge on any atom is 0.234 e. The number of hydrogen-bond acceptors (Lipinski definition) is 4. The van der Waals surface area contributed by atoms with Gasteiger partial charge in [0.2, 0.25) is 17.7 Å². The molecule has 164 valence electrons. The number of amides is 3. The van der Waals surface area contributed by atoms with Gasteiger partial charge in [0.25, 0.3) is 0 Å². The van der Waals surface area contributed by atoms with E-state index in [1.165, 1.54) is 4.90 Å². The lowest BCUT2D eigenvalue weighted by Crippen LogP contribution is -2.38. The van der Waals surface area contributed by atoms with Crippen LogP contribution in [0, 0.1) is 23.7 Å². The molecule has 0 radical (unpaired) electrons. The first-order valence-corrected chi connectivity index (χ1v) is 11.1. The molecule has 1 N–H and O–H groups in total. The number of halogens is 1. The zero-order chi connectivity index (χ0) is 22.4. The minimum absolute atomic E-state index is 0.0331. The van der Waals surface area contributed by atoms with E-state index in [1.54, 1.807) is 55.6 Å². The Labute approximate surface area is 191 Å². The van der Waals surface area contributed by atoms with Crippen molar-refractivity contribution in [3.8, 4) is 5.75 Å². The van der Waals surface area contributed by atoms with E-state index in [0.29, 0.717) is 16.5 Å². The molecule has 2 aromatic rings. The largest absolute Gasteiger partial charge is 0.497 e. The highest BCUT2D eigenvalue weighted by molar-refractivity contribution is 6.30. The van der Waals surface area contributed by atoms with Crippen LogP contribution < -0.4 is 10.1 Å². The van der Waals surface area contributed by atoms with Gasteiger partial charge in [-0.05, 0) is 60.2 Å². The number of methoxy groups -OCH3 is 1. The van der Waals surface area contributed by atoms with E-state index in [-0.39, 0.29) is 47.8 Å². The Kier molecular flexibility index (Phi) is 5.25. The minimum Gasteiger partial charge on any atom is -0.497 e. The number of anilines is 1. The van der Waals surface area contributed by atoms with Gasteiger partial charge in [0, 0.05) is 10.7 Å². The van der Waals surface area contributed by atoms with Gasteiger partial charge >= 0.3 is 0 Å². The van der Waals surface area contributed by atoms with Crippen LogP contribution in [0.2, 0.25) is 5.02 Å². The lowest BCUT2D eigenvalue weighted by atomic mass is 9.85. The quantitative estimate of drug-likeness (QED) is 0.528. The van der Waals surface area contributed by atoms with E-state index < -0.39 is 6.04 Å². The van der Waals surface area contributed by atoms with Crippen molar-refractivity contribution in [3.05, 3.63) is 71.3 Å². The van der Waals surface area contributed by atoms with Gasteiger partial charge < -0.3 is 10.1 Å². The maximum atomic E-state index is 13.4. The van der Waals surface area contributed by atoms with Crippen molar-refractivity contribution in [2.24, 2.45) is 23.7 Å². The van der Waals surface area contributed by atoms with Crippen LogP contribution in [-0.2, 0) is 14.4 Å². The second-order valence-corrected chi connectivity index (χ2v) is 9.03. The molecule has 6 nitrogen and oxygen atoms in total. The fraction of sp³-hybridized carbons (Fsp3) is 0.320. The van der Waals surface area contributed by atoms with Crippen molar-refractivity contribution >= 4 is 35.0 Å². The summed E-state index contributed by atoms with van der Waals surface area (Å²) in [7, 11) is 1.57. The minimum atomic E-state index is -0.682. The van der Waals surface area contributed by atoms with Crippen molar-refractivity contribution in [3.63, 3.8) is 0 Å². The third kappa shape index (κ3) is 3.48. The number of rotatable bonds is 6. The molecule has 5 atom stereocenters. The highest BCUT2D eigenvalue weighted by atomic mass is 35.5. The predicted octanol–water partition coefficient (Wildman–Crippen LogP) is 4.23. The molecule has 1 saturated heterocycles. The summed E-state index contributed by atoms with van der Waals surface area (Å²) in [6.45, 7) is 0. The van der Waals surface area contributed by atoms with Gasteiger partial charge in [-0.3, -0.25) is 19.3 Å². The Morgan fingerprint density at radius 2 is 1.62 bits per heavy atom. The van der Waals surface area contributed by atoms with Crippen molar-refractivity contribution < 1.29 is 19.1 Å². The van der Waals surface area contributed by atoms with E-state index in [1.807, 2.05) is 0 Å². The van der Waals surface area contributed by atoms with Crippen molar-refractivity contribution in [2.75, 3.05) is 12.4 Å². The molecule has 1 saturated carbocycles. The van der Waals surface area contributed by atoms with E-state index in [4.69, 9.17) is 16.3 Å². The number of benzene rings is 2. The monoisotopic (exact) mass is 450 g/mol. The number of nitrogens with one attached hydrogen (secondary N) is 1. The first-order valence-electron chi connectivity index (χ1n) is 10.7. The molecule has 2 fully saturated rings. The summed E-state index contributed by atoms with van der Waals surface area (Å²) in [4.78, 5) is 41.1. The van der Waals surface area contributed by atoms with Gasteiger partial charge in [-0.2, -0.15) is 0 Å². The predicted molar refractivity (Wildman–Crippen MR) is 120 cm³/mol. The Hall–Kier alpha value is -3.12. The lowest BCUT2D eigenvalue weighted by molar-refractivity contribution is -0.144. The summed E-state index contributed by atoms with van der Waals surface area (Å²) in [5.74, 6) is -0.344. The van der Waals surface area contributed by atoms with Gasteiger partial charge in [-0.1, -0.05) is 35.9 Å². The lowest BCUT2D eigenvalue weighted by Gasteiger charge is -2.28. The number of carbonyl (C=O) groups excluding carboxylic acids is 3. The van der Waals surface area contributed by atoms with Crippen LogP contribution >= 0.6 is 11.6 Å². The van der Waals surface area contributed by atoms with Gasteiger partial charge in [0.1, 0.15) is 5.75 Å². The van der Waals surface area contributed by atoms with Gasteiger partial charge in [0.05, 0.1) is 31.4 Å². The molecule has 1 heterocycles. The zero-order valence-electron chi connectivity index (χ0n) is 17.5. The standard InChI is InChI=1S/C25H23ClN2O4/c1-32-19-10-4-14(5-11-19)20(13-21(29)27-18-8-6-17(26)7-9-18)28-24(30)22-15-2-3-16(12-15)23(22)25(28)31/h2-11,15-16,20,22-23H,12-13H2,1H3,(H,27,29). The van der Waals surface area contributed by atoms with Gasteiger partial charge in [-0.15, -0.1) is 0 Å². The number of ether oxygens (including phenoxy) is 1. The van der Waals surface area contributed by atoms with Gasteiger partial charge in [0.15, 0.2) is 0 Å². The highest BCUT2D eigenvalue weighted by Crippen LogP contribution is 2.54. The molecular formula is C25H23ClN2O4. The Balaban J connectivity index is 1.43. The Bertz CT molecular complexity index is 1070. The van der Waals surface area contributed by atoms with E-state index in [0.717, 1.165) is 12.0 Å². The highest BCUT2D eigenvalue weighted by Gasteiger charge is 2.60. The van der Waals surface area contributed by atoms with Gasteiger partial charge in [-0.25, -0.2) is 0 Å². The Morgan fingerprint density at radius 1 is 1.03 bits per heavy atom. The molecule has 32 heavy (non-hydrogen) atoms. The summed E-state index contributed by atoms with van der Waals surface area (Å²) >= 11 is 5.92. The maximum absolute atomic E-state index is 13.4. The first-order chi connectivity index (χ1) is 15.5. The summed E-state index contributed by atoms with van der Waals surface area (Å²) in [6.07, 6.45) is 4.96. The fourth-order valence-electron chi connectivity index (χ4n) is 5.34. The number of hydrogen-bond donors (Lipinski definition) is 1. The molecule has 5 rings (SSSR count). The average molecular weight is 451 g/mol. The van der Waals surface area contributed by atoms with Crippen LogP contribution in [0.5, 0.6) is 5.75 Å². The number of imide groups is 1. The number of allylic oxidation sites excluding steroid dienone is 2. The average Bonchev–Trinajstić information content (AvgIpc) is 3.48. The Morgan fingerprint density at radius 3 is 2.19 bits per heavy atom. The molecule has 5 unspecified atom stereocenters. The number of fused-ring (bicyclic) bond motifs is 5. The molecule has 0 spiro atoms. The van der Waals surface area contributed by atoms with E-state index in [2.05, 4.69) is 17.5 Å². The summed E-state index contributed by atoms with van der Waals surface area (Å²) in [6, 6.07) is 13.3. The van der Waals surface area contributed by atoms with Crippen LogP contribution in [0.15, 0.2) is 60.7 Å². The fourth-order valence-corrected chi connectivity index (χ4v) is 5.46. The molecular weight excluding hydrogens is 428 g/mol. The third-order valence-corrected chi connectivity index (χ3v) is 7.08. The molecule has 2 aliphatic carbocycles. The van der Waals surface area contributed by atoms with E-state index >= 15 is 0 Å². The summed E-state index contributed by atoms with van der Waals surface area (Å²) < 4.78 is 5.24. The SMILES string of the molecule is COc1ccc(C(CC(=O)Nc2ccc(Cl)cc2)N2C(=O)C3C4C=CC(C4)C3C2=O)cc1. The third-order valence-electron chi connectivity index (χ3n) is 6.82. The van der Waals surface area contributed by atoms with Crippen LogP contribution in [0.4, 0.5) is 5.69 Å². The second-order valence-electron chi connectivity index (χ2n) is 8.59. The molecule has 3 amide bonds. The second kappa shape index (κ2) is 8.10. The molecule has 2 aromatic carbocycles. The molecule has 2 bridgehead atoms. The topological polar surface area (TPSA) is 75.7 Å². The van der Waals surface area contributed by atoms with Crippen LogP contribution in [0.3, 0.4) is 0 Å². The van der Waals surface area contributed by atoms with E-state index in [9.17, 15) is 14.4 Å². The van der Waals surface area contributed by atoms with Crippen molar-refractivity contribution in [1.82, 2.24) is 4.90 Å². The first kappa shape index (κ1) is 20.8. The molecule has 3 aliphatic rings.